The molecule has 0 bridgehead atoms. The molecule has 0 atom stereocenters. The maximum Gasteiger partial charge on any atom is 0.251 e. The van der Waals surface area contributed by atoms with Crippen LogP contribution in [0, 0.1) is 5.92 Å². The fraction of sp³-hybridized carbons (Fsp3) is 0.375. The Labute approximate surface area is 124 Å². The third-order valence-corrected chi connectivity index (χ3v) is 3.02. The number of aromatic amines is 1. The number of nitrogens with one attached hydrogen (secondary N) is 2. The van der Waals surface area contributed by atoms with Crippen LogP contribution in [0.4, 0.5) is 0 Å². The second kappa shape index (κ2) is 7.04. The monoisotopic (exact) mass is 287 g/mol. The largest absolute Gasteiger partial charge is 0.496 e. The van der Waals surface area contributed by atoms with E-state index >= 15 is 0 Å². The van der Waals surface area contributed by atoms with Gasteiger partial charge in [-0.3, -0.25) is 4.79 Å². The van der Waals surface area contributed by atoms with Crippen molar-refractivity contribution in [2.75, 3.05) is 13.7 Å². The molecule has 0 fully saturated rings. The van der Waals surface area contributed by atoms with E-state index in [0.29, 0.717) is 24.0 Å². The van der Waals surface area contributed by atoms with E-state index in [1.807, 2.05) is 24.3 Å². The highest BCUT2D eigenvalue weighted by Gasteiger charge is 2.09. The summed E-state index contributed by atoms with van der Waals surface area (Å²) in [5.74, 6) is 1.77. The number of nitrogens with zero attached hydrogens (tertiary/aromatic N) is 1. The SMILES string of the molecule is COc1ccccc1-c1nc(CNCC(C)C)cc(=O)[nH]1. The molecular formula is C16H21N3O2. The second-order valence-electron chi connectivity index (χ2n) is 5.31. The number of hydrogen-bond donors (Lipinski definition) is 2. The quantitative estimate of drug-likeness (QED) is 0.854. The molecule has 0 aliphatic heterocycles. The van der Waals surface area contributed by atoms with Crippen LogP contribution in [0.5, 0.6) is 5.75 Å². The minimum absolute atomic E-state index is 0.160. The van der Waals surface area contributed by atoms with Gasteiger partial charge in [0.25, 0.3) is 5.56 Å². The molecule has 2 rings (SSSR count). The van der Waals surface area contributed by atoms with Crippen molar-refractivity contribution in [2.45, 2.75) is 20.4 Å². The molecule has 1 aromatic heterocycles. The van der Waals surface area contributed by atoms with Gasteiger partial charge in [-0.1, -0.05) is 26.0 Å². The molecular weight excluding hydrogens is 266 g/mol. The lowest BCUT2D eigenvalue weighted by molar-refractivity contribution is 0.416. The number of benzene rings is 1. The zero-order valence-corrected chi connectivity index (χ0v) is 12.6. The average molecular weight is 287 g/mol. The molecule has 0 unspecified atom stereocenters. The van der Waals surface area contributed by atoms with Gasteiger partial charge in [0, 0.05) is 12.6 Å². The van der Waals surface area contributed by atoms with E-state index in [4.69, 9.17) is 4.74 Å². The van der Waals surface area contributed by atoms with Gasteiger partial charge in [-0.25, -0.2) is 4.98 Å². The molecule has 2 N–H and O–H groups in total. The average Bonchev–Trinajstić information content (AvgIpc) is 2.46. The fourth-order valence-electron chi connectivity index (χ4n) is 2.06. The lowest BCUT2D eigenvalue weighted by Crippen LogP contribution is -2.21. The molecule has 0 aliphatic carbocycles. The molecule has 1 aromatic carbocycles. The van der Waals surface area contributed by atoms with Crippen molar-refractivity contribution in [3.63, 3.8) is 0 Å². The molecule has 0 amide bonds. The maximum absolute atomic E-state index is 11.8. The van der Waals surface area contributed by atoms with Gasteiger partial charge in [-0.05, 0) is 24.6 Å². The summed E-state index contributed by atoms with van der Waals surface area (Å²) in [6.45, 7) is 5.74. The van der Waals surface area contributed by atoms with Gasteiger partial charge >= 0.3 is 0 Å². The maximum atomic E-state index is 11.8. The number of aromatic nitrogens is 2. The molecule has 21 heavy (non-hydrogen) atoms. The number of H-pyrrole nitrogens is 1. The van der Waals surface area contributed by atoms with Crippen LogP contribution in [0.2, 0.25) is 0 Å². The number of para-hydroxylation sites is 1. The summed E-state index contributed by atoms with van der Waals surface area (Å²) in [4.78, 5) is 19.1. The van der Waals surface area contributed by atoms with Crippen molar-refractivity contribution >= 4 is 0 Å². The van der Waals surface area contributed by atoms with E-state index in [2.05, 4.69) is 29.1 Å². The first-order chi connectivity index (χ1) is 10.1. The molecule has 0 spiro atoms. The van der Waals surface area contributed by atoms with E-state index in [0.717, 1.165) is 17.8 Å². The first kappa shape index (κ1) is 15.3. The summed E-state index contributed by atoms with van der Waals surface area (Å²) in [7, 11) is 1.60. The molecule has 2 aromatic rings. The third-order valence-electron chi connectivity index (χ3n) is 3.02. The first-order valence-corrected chi connectivity index (χ1v) is 7.04. The Bertz CT molecular complexity index is 650. The van der Waals surface area contributed by atoms with Gasteiger partial charge in [0.1, 0.15) is 11.6 Å². The van der Waals surface area contributed by atoms with Crippen molar-refractivity contribution in [2.24, 2.45) is 5.92 Å². The van der Waals surface area contributed by atoms with E-state index in [-0.39, 0.29) is 5.56 Å². The van der Waals surface area contributed by atoms with Crippen LogP contribution in [0.3, 0.4) is 0 Å². The summed E-state index contributed by atoms with van der Waals surface area (Å²) in [5.41, 5.74) is 1.34. The van der Waals surface area contributed by atoms with Crippen molar-refractivity contribution in [3.8, 4) is 17.1 Å². The Morgan fingerprint density at radius 3 is 2.81 bits per heavy atom. The summed E-state index contributed by atoms with van der Waals surface area (Å²) in [5, 5.41) is 3.29. The van der Waals surface area contributed by atoms with Gasteiger partial charge in [0.2, 0.25) is 0 Å². The summed E-state index contributed by atoms with van der Waals surface area (Å²) >= 11 is 0. The molecule has 0 aliphatic rings. The minimum Gasteiger partial charge on any atom is -0.496 e. The Morgan fingerprint density at radius 1 is 1.33 bits per heavy atom. The molecule has 0 saturated heterocycles. The van der Waals surface area contributed by atoms with Crippen LogP contribution in [0.15, 0.2) is 35.1 Å². The lowest BCUT2D eigenvalue weighted by atomic mass is 10.2. The normalized spacial score (nSPS) is 10.9. The molecule has 1 heterocycles. The van der Waals surface area contributed by atoms with Gasteiger partial charge in [0.05, 0.1) is 18.4 Å². The topological polar surface area (TPSA) is 67.0 Å². The smallest absolute Gasteiger partial charge is 0.251 e. The second-order valence-corrected chi connectivity index (χ2v) is 5.31. The number of hydrogen-bond acceptors (Lipinski definition) is 4. The minimum atomic E-state index is -0.160. The number of methoxy groups -OCH3 is 1. The molecule has 5 heteroatoms. The Hall–Kier alpha value is -2.14. The lowest BCUT2D eigenvalue weighted by Gasteiger charge is -2.10. The summed E-state index contributed by atoms with van der Waals surface area (Å²) < 4.78 is 5.31. The predicted octanol–water partition coefficient (Wildman–Crippen LogP) is 2.19. The van der Waals surface area contributed by atoms with E-state index < -0.39 is 0 Å². The van der Waals surface area contributed by atoms with Crippen molar-refractivity contribution < 1.29 is 4.74 Å². The Balaban J connectivity index is 2.28. The van der Waals surface area contributed by atoms with Gasteiger partial charge in [-0.15, -0.1) is 0 Å². The zero-order chi connectivity index (χ0) is 15.2. The Kier molecular flexibility index (Phi) is 5.11. The van der Waals surface area contributed by atoms with Crippen LogP contribution < -0.4 is 15.6 Å². The highest BCUT2D eigenvalue weighted by molar-refractivity contribution is 5.63. The first-order valence-electron chi connectivity index (χ1n) is 7.04. The molecule has 5 nitrogen and oxygen atoms in total. The van der Waals surface area contributed by atoms with Crippen LogP contribution >= 0.6 is 0 Å². The third kappa shape index (κ3) is 4.16. The number of rotatable bonds is 6. The highest BCUT2D eigenvalue weighted by atomic mass is 16.5. The Morgan fingerprint density at radius 2 is 2.10 bits per heavy atom. The van der Waals surface area contributed by atoms with Gasteiger partial charge in [0.15, 0.2) is 0 Å². The summed E-state index contributed by atoms with van der Waals surface area (Å²) in [6, 6.07) is 9.02. The van der Waals surface area contributed by atoms with Crippen LogP contribution in [-0.2, 0) is 6.54 Å². The van der Waals surface area contributed by atoms with Crippen molar-refractivity contribution in [1.29, 1.82) is 0 Å². The van der Waals surface area contributed by atoms with Gasteiger partial charge in [-0.2, -0.15) is 0 Å². The van der Waals surface area contributed by atoms with Crippen LogP contribution in [0.1, 0.15) is 19.5 Å². The highest BCUT2D eigenvalue weighted by Crippen LogP contribution is 2.25. The van der Waals surface area contributed by atoms with Crippen LogP contribution in [0.25, 0.3) is 11.4 Å². The summed E-state index contributed by atoms with van der Waals surface area (Å²) in [6.07, 6.45) is 0. The standard InChI is InChI=1S/C16H21N3O2/c1-11(2)9-17-10-12-8-15(20)19-16(18-12)13-6-4-5-7-14(13)21-3/h4-8,11,17H,9-10H2,1-3H3,(H,18,19,20). The number of ether oxygens (including phenoxy) is 1. The van der Waals surface area contributed by atoms with E-state index in [9.17, 15) is 4.79 Å². The van der Waals surface area contributed by atoms with Crippen LogP contribution in [-0.4, -0.2) is 23.6 Å². The zero-order valence-electron chi connectivity index (χ0n) is 12.6. The van der Waals surface area contributed by atoms with Crippen molar-refractivity contribution in [1.82, 2.24) is 15.3 Å². The molecule has 0 radical (unpaired) electrons. The molecule has 0 saturated carbocycles. The van der Waals surface area contributed by atoms with E-state index in [1.165, 1.54) is 6.07 Å². The molecule has 112 valence electrons. The van der Waals surface area contributed by atoms with Gasteiger partial charge < -0.3 is 15.0 Å². The van der Waals surface area contributed by atoms with E-state index in [1.54, 1.807) is 7.11 Å². The fourth-order valence-corrected chi connectivity index (χ4v) is 2.06. The van der Waals surface area contributed by atoms with Crippen molar-refractivity contribution in [3.05, 3.63) is 46.4 Å². The predicted molar refractivity (Wildman–Crippen MR) is 83.4 cm³/mol.